The maximum atomic E-state index is 12.2. The van der Waals surface area contributed by atoms with Gasteiger partial charge in [-0.15, -0.1) is 0 Å². The van der Waals surface area contributed by atoms with Gasteiger partial charge in [0.05, 0.1) is 26.0 Å². The van der Waals surface area contributed by atoms with Crippen LogP contribution in [-0.2, 0) is 11.3 Å². The highest BCUT2D eigenvalue weighted by Gasteiger charge is 2.31. The van der Waals surface area contributed by atoms with Crippen LogP contribution in [0, 0.1) is 0 Å². The second-order valence-corrected chi connectivity index (χ2v) is 5.51. The molecular weight excluding hydrogens is 310 g/mol. The smallest absolute Gasteiger partial charge is 0.315 e. The van der Waals surface area contributed by atoms with E-state index in [0.717, 1.165) is 5.69 Å². The number of nitrogens with one attached hydrogen (secondary N) is 2. The monoisotopic (exact) mass is 329 g/mol. The molecule has 1 aliphatic rings. The highest BCUT2D eigenvalue weighted by Crippen LogP contribution is 2.25. The SMILES string of the molecule is COc1cccc(N2CC(NC(=O)NCc3ccco3)CC2=O)c1. The quantitative estimate of drug-likeness (QED) is 0.877. The van der Waals surface area contributed by atoms with Gasteiger partial charge in [-0.05, 0) is 24.3 Å². The largest absolute Gasteiger partial charge is 0.497 e. The molecule has 7 heteroatoms. The highest BCUT2D eigenvalue weighted by atomic mass is 16.5. The fourth-order valence-electron chi connectivity index (χ4n) is 2.65. The second kappa shape index (κ2) is 7.08. The summed E-state index contributed by atoms with van der Waals surface area (Å²) in [6.07, 6.45) is 1.82. The summed E-state index contributed by atoms with van der Waals surface area (Å²) in [4.78, 5) is 25.8. The molecule has 1 aliphatic heterocycles. The van der Waals surface area contributed by atoms with Crippen LogP contribution in [0.25, 0.3) is 0 Å². The maximum Gasteiger partial charge on any atom is 0.315 e. The molecule has 126 valence electrons. The number of hydrogen-bond acceptors (Lipinski definition) is 4. The lowest BCUT2D eigenvalue weighted by atomic mass is 10.2. The molecule has 0 saturated carbocycles. The number of urea groups is 1. The van der Waals surface area contributed by atoms with Crippen LogP contribution in [-0.4, -0.2) is 31.6 Å². The van der Waals surface area contributed by atoms with Crippen molar-refractivity contribution in [3.8, 4) is 5.75 Å². The molecule has 2 heterocycles. The van der Waals surface area contributed by atoms with Gasteiger partial charge in [0.25, 0.3) is 0 Å². The number of carbonyl (C=O) groups is 2. The molecule has 1 aromatic heterocycles. The Balaban J connectivity index is 1.55. The van der Waals surface area contributed by atoms with Crippen molar-refractivity contribution in [1.82, 2.24) is 10.6 Å². The first kappa shape index (κ1) is 15.9. The van der Waals surface area contributed by atoms with E-state index in [4.69, 9.17) is 9.15 Å². The third-order valence-electron chi connectivity index (χ3n) is 3.83. The van der Waals surface area contributed by atoms with Crippen molar-refractivity contribution in [1.29, 1.82) is 0 Å². The standard InChI is InChI=1S/C17H19N3O4/c1-23-14-5-2-4-13(9-14)20-11-12(8-16(20)21)19-17(22)18-10-15-6-3-7-24-15/h2-7,9,12H,8,10-11H2,1H3,(H2,18,19,22). The maximum absolute atomic E-state index is 12.2. The average molecular weight is 329 g/mol. The zero-order valence-corrected chi connectivity index (χ0v) is 13.3. The molecule has 7 nitrogen and oxygen atoms in total. The van der Waals surface area contributed by atoms with Crippen LogP contribution in [0.3, 0.4) is 0 Å². The number of carbonyl (C=O) groups excluding carboxylic acids is 2. The molecule has 1 aromatic carbocycles. The highest BCUT2D eigenvalue weighted by molar-refractivity contribution is 5.97. The Labute approximate surface area is 139 Å². The first-order valence-corrected chi connectivity index (χ1v) is 7.67. The van der Waals surface area contributed by atoms with Crippen LogP contribution in [0.2, 0.25) is 0 Å². The molecule has 3 amide bonds. The van der Waals surface area contributed by atoms with E-state index >= 15 is 0 Å². The number of anilines is 1. The van der Waals surface area contributed by atoms with Crippen molar-refractivity contribution in [2.75, 3.05) is 18.6 Å². The third-order valence-corrected chi connectivity index (χ3v) is 3.83. The molecule has 24 heavy (non-hydrogen) atoms. The number of hydrogen-bond donors (Lipinski definition) is 2. The van der Waals surface area contributed by atoms with Crippen molar-refractivity contribution in [2.24, 2.45) is 0 Å². The molecular formula is C17H19N3O4. The van der Waals surface area contributed by atoms with Gasteiger partial charge in [-0.25, -0.2) is 4.79 Å². The summed E-state index contributed by atoms with van der Waals surface area (Å²) < 4.78 is 10.3. The Morgan fingerprint density at radius 2 is 2.25 bits per heavy atom. The lowest BCUT2D eigenvalue weighted by Gasteiger charge is -2.18. The molecule has 0 bridgehead atoms. The summed E-state index contributed by atoms with van der Waals surface area (Å²) in [5.74, 6) is 1.33. The fourth-order valence-corrected chi connectivity index (χ4v) is 2.65. The number of amides is 3. The van der Waals surface area contributed by atoms with Crippen molar-refractivity contribution < 1.29 is 18.7 Å². The molecule has 0 aliphatic carbocycles. The van der Waals surface area contributed by atoms with Gasteiger partial charge < -0.3 is 24.7 Å². The van der Waals surface area contributed by atoms with Crippen LogP contribution >= 0.6 is 0 Å². The number of benzene rings is 1. The van der Waals surface area contributed by atoms with E-state index in [-0.39, 0.29) is 24.4 Å². The van der Waals surface area contributed by atoms with Crippen LogP contribution < -0.4 is 20.3 Å². The van der Waals surface area contributed by atoms with Gasteiger partial charge in [0.15, 0.2) is 0 Å². The molecule has 0 spiro atoms. The van der Waals surface area contributed by atoms with E-state index in [1.54, 1.807) is 36.5 Å². The molecule has 3 rings (SSSR count). The Morgan fingerprint density at radius 1 is 1.38 bits per heavy atom. The summed E-state index contributed by atoms with van der Waals surface area (Å²) >= 11 is 0. The Bertz CT molecular complexity index is 714. The number of methoxy groups -OCH3 is 1. The number of ether oxygens (including phenoxy) is 1. The summed E-state index contributed by atoms with van der Waals surface area (Å²) in [5.41, 5.74) is 0.764. The fraction of sp³-hybridized carbons (Fsp3) is 0.294. The Morgan fingerprint density at radius 3 is 3.00 bits per heavy atom. The summed E-state index contributed by atoms with van der Waals surface area (Å²) in [7, 11) is 1.58. The molecule has 0 radical (unpaired) electrons. The van der Waals surface area contributed by atoms with Gasteiger partial charge in [0.1, 0.15) is 11.5 Å². The number of nitrogens with zero attached hydrogens (tertiary/aromatic N) is 1. The van der Waals surface area contributed by atoms with Gasteiger partial charge >= 0.3 is 6.03 Å². The molecule has 1 fully saturated rings. The molecule has 1 atom stereocenters. The first-order valence-electron chi connectivity index (χ1n) is 7.67. The van der Waals surface area contributed by atoms with Gasteiger partial charge in [-0.2, -0.15) is 0 Å². The number of furan rings is 1. The minimum Gasteiger partial charge on any atom is -0.497 e. The second-order valence-electron chi connectivity index (χ2n) is 5.51. The Hall–Kier alpha value is -2.96. The summed E-state index contributed by atoms with van der Waals surface area (Å²) in [5, 5.41) is 5.52. The number of rotatable bonds is 5. The van der Waals surface area contributed by atoms with Gasteiger partial charge in [-0.1, -0.05) is 6.07 Å². The van der Waals surface area contributed by atoms with Crippen molar-refractivity contribution >= 4 is 17.6 Å². The Kier molecular flexibility index (Phi) is 4.69. The predicted octanol–water partition coefficient (Wildman–Crippen LogP) is 1.89. The van der Waals surface area contributed by atoms with Crippen LogP contribution in [0.1, 0.15) is 12.2 Å². The van der Waals surface area contributed by atoms with Crippen LogP contribution in [0.15, 0.2) is 47.1 Å². The lowest BCUT2D eigenvalue weighted by Crippen LogP contribution is -2.43. The van der Waals surface area contributed by atoms with Crippen molar-refractivity contribution in [2.45, 2.75) is 19.0 Å². The van der Waals surface area contributed by atoms with E-state index in [1.165, 1.54) is 0 Å². The zero-order valence-electron chi connectivity index (χ0n) is 13.3. The first-order chi connectivity index (χ1) is 11.7. The summed E-state index contributed by atoms with van der Waals surface area (Å²) in [6, 6.07) is 10.3. The molecule has 2 N–H and O–H groups in total. The minimum absolute atomic E-state index is 0.0282. The van der Waals surface area contributed by atoms with E-state index in [0.29, 0.717) is 24.6 Å². The topological polar surface area (TPSA) is 83.8 Å². The van der Waals surface area contributed by atoms with Gasteiger partial charge in [0.2, 0.25) is 5.91 Å². The average Bonchev–Trinajstić information content (AvgIpc) is 3.22. The van der Waals surface area contributed by atoms with E-state index < -0.39 is 0 Å². The minimum atomic E-state index is -0.323. The predicted molar refractivity (Wildman–Crippen MR) is 87.8 cm³/mol. The van der Waals surface area contributed by atoms with Gasteiger partial charge in [-0.3, -0.25) is 4.79 Å². The molecule has 1 saturated heterocycles. The van der Waals surface area contributed by atoms with E-state index in [9.17, 15) is 9.59 Å². The molecule has 2 aromatic rings. The molecule has 1 unspecified atom stereocenters. The van der Waals surface area contributed by atoms with Crippen molar-refractivity contribution in [3.63, 3.8) is 0 Å². The normalized spacial score (nSPS) is 17.0. The third kappa shape index (κ3) is 3.68. The zero-order chi connectivity index (χ0) is 16.9. The van der Waals surface area contributed by atoms with E-state index in [1.807, 2.05) is 18.2 Å². The van der Waals surface area contributed by atoms with Crippen LogP contribution in [0.5, 0.6) is 5.75 Å². The van der Waals surface area contributed by atoms with E-state index in [2.05, 4.69) is 10.6 Å². The van der Waals surface area contributed by atoms with Crippen molar-refractivity contribution in [3.05, 3.63) is 48.4 Å². The van der Waals surface area contributed by atoms with Crippen LogP contribution in [0.4, 0.5) is 10.5 Å². The lowest BCUT2D eigenvalue weighted by molar-refractivity contribution is -0.117. The van der Waals surface area contributed by atoms with Gasteiger partial charge in [0, 0.05) is 24.7 Å². The summed E-state index contributed by atoms with van der Waals surface area (Å²) in [6.45, 7) is 0.735.